The van der Waals surface area contributed by atoms with Crippen LogP contribution in [0.15, 0.2) is 48.9 Å². The zero-order valence-electron chi connectivity index (χ0n) is 24.2. The average molecular weight is 869 g/mol. The van der Waals surface area contributed by atoms with Gasteiger partial charge in [0, 0.05) is 88.4 Å². The highest BCUT2D eigenvalue weighted by molar-refractivity contribution is 14.3. The highest BCUT2D eigenvalue weighted by Gasteiger charge is 2.36. The van der Waals surface area contributed by atoms with Crippen LogP contribution in [0.4, 0.5) is 36.3 Å². The Balaban J connectivity index is 1.73. The molecule has 0 bridgehead atoms. The number of hydrogen-bond donors (Lipinski definition) is 4. The van der Waals surface area contributed by atoms with Gasteiger partial charge < -0.3 is 30.4 Å². The fourth-order valence-electron chi connectivity index (χ4n) is 4.55. The van der Waals surface area contributed by atoms with Crippen LogP contribution in [0.3, 0.4) is 0 Å². The van der Waals surface area contributed by atoms with Crippen molar-refractivity contribution in [3.63, 3.8) is 0 Å². The van der Waals surface area contributed by atoms with E-state index in [4.69, 9.17) is 9.84 Å². The second-order valence-electron chi connectivity index (χ2n) is 9.78. The summed E-state index contributed by atoms with van der Waals surface area (Å²) in [5, 5.41) is 21.6. The van der Waals surface area contributed by atoms with Crippen molar-refractivity contribution < 1.29 is 32.4 Å². The van der Waals surface area contributed by atoms with Crippen molar-refractivity contribution in [2.24, 2.45) is 0 Å². The lowest BCUT2D eigenvalue weighted by atomic mass is 9.96. The summed E-state index contributed by atoms with van der Waals surface area (Å²) in [5.74, 6) is -0.881. The summed E-state index contributed by atoms with van der Waals surface area (Å²) < 4.78 is 59.2. The van der Waals surface area contributed by atoms with E-state index >= 15 is 0 Å². The summed E-state index contributed by atoms with van der Waals surface area (Å²) in [6, 6.07) is 8.25. The monoisotopic (exact) mass is 869 g/mol. The van der Waals surface area contributed by atoms with Gasteiger partial charge in [-0.05, 0) is 48.2 Å². The van der Waals surface area contributed by atoms with Crippen LogP contribution < -0.4 is 20.7 Å². The van der Waals surface area contributed by atoms with E-state index in [1.165, 1.54) is 20.2 Å². The molecule has 0 radical (unpaired) electrons. The molecule has 2 aromatic heterocycles. The largest absolute Gasteiger partial charge is 0.495 e. The predicted octanol–water partition coefficient (Wildman–Crippen LogP) is 7.47. The molecular formula is C28H29F3I2N7O4P. The highest BCUT2D eigenvalue weighted by Crippen LogP contribution is 2.65. The number of alkyl halides is 3. The van der Waals surface area contributed by atoms with Gasteiger partial charge in [0.25, 0.3) is 5.91 Å². The van der Waals surface area contributed by atoms with Crippen LogP contribution >= 0.6 is 46.5 Å². The maximum absolute atomic E-state index is 14.1. The van der Waals surface area contributed by atoms with Crippen LogP contribution in [-0.2, 0) is 23.4 Å². The van der Waals surface area contributed by atoms with E-state index in [0.29, 0.717) is 53.5 Å². The number of aromatic nitrogens is 4. The molecule has 2 heterocycles. The van der Waals surface area contributed by atoms with Crippen LogP contribution in [0.25, 0.3) is 11.1 Å². The van der Waals surface area contributed by atoms with Crippen LogP contribution in [0.2, 0.25) is 0 Å². The Bertz CT molecular complexity index is 1750. The van der Waals surface area contributed by atoms with E-state index in [9.17, 15) is 22.5 Å². The van der Waals surface area contributed by atoms with Gasteiger partial charge in [0.1, 0.15) is 17.1 Å². The van der Waals surface area contributed by atoms with Gasteiger partial charge in [0.05, 0.1) is 30.2 Å². The second kappa shape index (κ2) is 14.6. The van der Waals surface area contributed by atoms with Crippen molar-refractivity contribution in [1.82, 2.24) is 25.1 Å². The molecule has 1 amide bonds. The minimum Gasteiger partial charge on any atom is -0.495 e. The number of halogens is 5. The lowest BCUT2D eigenvalue weighted by Crippen LogP contribution is -2.21. The molecule has 240 valence electrons. The summed E-state index contributed by atoms with van der Waals surface area (Å²) in [5.41, 5.74) is 2.10. The number of nitrogens with one attached hydrogen (secondary N) is 3. The first-order valence-corrected chi connectivity index (χ1v) is 20.8. The SMILES string of the molecule is CNC(=O)c1c(Nc2nc(Nc3ccc(CP(=O)(I)I)cc3OC)ncc2C(F)(F)F)ccc(-c2cnn(CCCO)c2)c1C. The molecule has 2 aromatic carbocycles. The molecule has 0 unspecified atom stereocenters. The van der Waals surface area contributed by atoms with Gasteiger partial charge in [0.2, 0.25) is 8.38 Å². The minimum absolute atomic E-state index is 0.0109. The van der Waals surface area contributed by atoms with Gasteiger partial charge in [-0.15, -0.1) is 0 Å². The Labute approximate surface area is 283 Å². The van der Waals surface area contributed by atoms with Gasteiger partial charge >= 0.3 is 6.18 Å². The van der Waals surface area contributed by atoms with Crippen LogP contribution in [0.1, 0.15) is 33.5 Å². The Kier molecular flexibility index (Phi) is 11.4. The van der Waals surface area contributed by atoms with Gasteiger partial charge in [0.15, 0.2) is 0 Å². The number of aliphatic hydroxyl groups is 1. The molecule has 0 aliphatic rings. The molecule has 0 aliphatic heterocycles. The van der Waals surface area contributed by atoms with Crippen molar-refractivity contribution in [3.05, 3.63) is 71.2 Å². The summed E-state index contributed by atoms with van der Waals surface area (Å²) in [6.07, 6.45) is 0.0797. The lowest BCUT2D eigenvalue weighted by Gasteiger charge is -2.19. The standard InChI is InChI=1S/C28H29F3I2N7O4P/c1-16-19(18-12-36-40(14-18)9-4-10-41)6-8-22(24(16)26(42)34-2)37-25-20(28(29,30)31)13-35-27(39-25)38-21-7-5-17(11-23(21)44-3)15-45(32,33)43/h5-8,11-14,41H,4,9-10,15H2,1-3H3,(H,34,42)(H2,35,37,38,39). The molecule has 0 aliphatic carbocycles. The number of rotatable bonds is 12. The third kappa shape index (κ3) is 8.86. The molecule has 17 heteroatoms. The fraction of sp³-hybridized carbons (Fsp3) is 0.286. The highest BCUT2D eigenvalue weighted by atomic mass is 127. The van der Waals surface area contributed by atoms with E-state index in [1.807, 2.05) is 44.1 Å². The summed E-state index contributed by atoms with van der Waals surface area (Å²) in [6.45, 7) is 2.20. The number of nitrogens with zero attached hydrogens (tertiary/aromatic N) is 4. The van der Waals surface area contributed by atoms with Crippen molar-refractivity contribution >= 4 is 75.6 Å². The second-order valence-corrected chi connectivity index (χ2v) is 26.1. The molecule has 0 saturated carbocycles. The Hall–Kier alpha value is -2.96. The topological polar surface area (TPSA) is 143 Å². The third-order valence-corrected chi connectivity index (χ3v) is 9.42. The first-order chi connectivity index (χ1) is 21.2. The number of benzene rings is 2. The number of aryl methyl sites for hydroxylation is 1. The number of anilines is 4. The first-order valence-electron chi connectivity index (χ1n) is 13.4. The van der Waals surface area contributed by atoms with E-state index in [2.05, 4.69) is 31.0 Å². The molecule has 0 fully saturated rings. The summed E-state index contributed by atoms with van der Waals surface area (Å²) >= 11 is 3.81. The zero-order chi connectivity index (χ0) is 32.9. The van der Waals surface area contributed by atoms with Crippen molar-refractivity contribution in [3.8, 4) is 16.9 Å². The molecule has 4 N–H and O–H groups in total. The van der Waals surface area contributed by atoms with Gasteiger partial charge in [-0.1, -0.05) is 12.1 Å². The molecule has 11 nitrogen and oxygen atoms in total. The average Bonchev–Trinajstić information content (AvgIpc) is 3.44. The predicted molar refractivity (Wildman–Crippen MR) is 183 cm³/mol. The molecule has 45 heavy (non-hydrogen) atoms. The van der Waals surface area contributed by atoms with E-state index in [1.54, 1.807) is 48.3 Å². The summed E-state index contributed by atoms with van der Waals surface area (Å²) in [7, 11) is 2.86. The molecular weight excluding hydrogens is 840 g/mol. The third-order valence-electron chi connectivity index (χ3n) is 6.63. The fourth-order valence-corrected chi connectivity index (χ4v) is 7.53. The summed E-state index contributed by atoms with van der Waals surface area (Å²) in [4.78, 5) is 21.1. The van der Waals surface area contributed by atoms with Gasteiger partial charge in [-0.2, -0.15) is 23.3 Å². The van der Waals surface area contributed by atoms with Gasteiger partial charge in [-0.3, -0.25) is 9.48 Å². The van der Waals surface area contributed by atoms with Crippen molar-refractivity contribution in [2.75, 3.05) is 31.4 Å². The molecule has 0 saturated heterocycles. The van der Waals surface area contributed by atoms with Crippen molar-refractivity contribution in [2.45, 2.75) is 32.2 Å². The quantitative estimate of drug-likeness (QED) is 0.0843. The number of methoxy groups -OCH3 is 1. The van der Waals surface area contributed by atoms with Crippen LogP contribution in [-0.4, -0.2) is 51.5 Å². The van der Waals surface area contributed by atoms with Crippen molar-refractivity contribution in [1.29, 1.82) is 0 Å². The normalized spacial score (nSPS) is 11.8. The molecule has 4 aromatic rings. The minimum atomic E-state index is -4.81. The molecule has 4 rings (SSSR count). The Morgan fingerprint density at radius 2 is 1.87 bits per heavy atom. The van der Waals surface area contributed by atoms with Crippen LogP contribution in [0, 0.1) is 6.92 Å². The maximum Gasteiger partial charge on any atom is 0.421 e. The first kappa shape index (κ1) is 34.9. The number of aliphatic hydroxyl groups excluding tert-OH is 1. The van der Waals surface area contributed by atoms with E-state index in [0.717, 1.165) is 5.56 Å². The lowest BCUT2D eigenvalue weighted by molar-refractivity contribution is -0.137. The number of ether oxygens (including phenoxy) is 1. The number of carbonyl (C=O) groups excluding carboxylic acids is 1. The van der Waals surface area contributed by atoms with Crippen LogP contribution in [0.5, 0.6) is 5.75 Å². The molecule has 0 atom stereocenters. The van der Waals surface area contributed by atoms with E-state index in [-0.39, 0.29) is 23.8 Å². The van der Waals surface area contributed by atoms with E-state index < -0.39 is 25.9 Å². The number of hydrogen-bond acceptors (Lipinski definition) is 9. The Morgan fingerprint density at radius 3 is 2.51 bits per heavy atom. The maximum atomic E-state index is 14.1. The molecule has 0 spiro atoms. The Morgan fingerprint density at radius 1 is 1.13 bits per heavy atom. The number of carbonyl (C=O) groups is 1. The number of amides is 1. The zero-order valence-corrected chi connectivity index (χ0v) is 29.5. The smallest absolute Gasteiger partial charge is 0.421 e. The van der Waals surface area contributed by atoms with Gasteiger partial charge in [-0.25, -0.2) is 4.98 Å².